The van der Waals surface area contributed by atoms with E-state index in [2.05, 4.69) is 27.8 Å². The van der Waals surface area contributed by atoms with Gasteiger partial charge in [0.2, 0.25) is 0 Å². The van der Waals surface area contributed by atoms with Gasteiger partial charge >= 0.3 is 0 Å². The number of halogens is 2. The lowest BCUT2D eigenvalue weighted by molar-refractivity contribution is 0.777. The number of pyridine rings is 1. The molecule has 0 amide bonds. The second-order valence-electron chi connectivity index (χ2n) is 4.45. The molecule has 1 aromatic heterocycles. The Labute approximate surface area is 139 Å². The minimum Gasteiger partial charge on any atom is -0.362 e. The molecule has 0 aliphatic rings. The third-order valence-corrected chi connectivity index (χ3v) is 3.55. The van der Waals surface area contributed by atoms with Crippen molar-refractivity contribution in [3.8, 4) is 0 Å². The average molecular weight is 340 g/mol. The van der Waals surface area contributed by atoms with Gasteiger partial charge in [-0.3, -0.25) is 0 Å². The van der Waals surface area contributed by atoms with Crippen molar-refractivity contribution in [1.82, 2.24) is 10.3 Å². The van der Waals surface area contributed by atoms with Gasteiger partial charge in [0.15, 0.2) is 10.9 Å². The Hall–Kier alpha value is -1.36. The quantitative estimate of drug-likeness (QED) is 0.628. The summed E-state index contributed by atoms with van der Waals surface area (Å²) in [5.41, 5.74) is 1.32. The van der Waals surface area contributed by atoms with Crippen LogP contribution in [0.15, 0.2) is 42.6 Å². The fourth-order valence-corrected chi connectivity index (χ4v) is 2.42. The van der Waals surface area contributed by atoms with Crippen molar-refractivity contribution in [3.63, 3.8) is 0 Å². The zero-order valence-electron chi connectivity index (χ0n) is 11.3. The van der Waals surface area contributed by atoms with E-state index in [-0.39, 0.29) is 0 Å². The van der Waals surface area contributed by atoms with Crippen LogP contribution in [0.4, 0.5) is 5.82 Å². The number of hydrogen-bond acceptors (Lipinski definition) is 2. The van der Waals surface area contributed by atoms with Crippen LogP contribution >= 0.6 is 35.4 Å². The van der Waals surface area contributed by atoms with E-state index in [9.17, 15) is 0 Å². The van der Waals surface area contributed by atoms with Crippen LogP contribution in [0.2, 0.25) is 10.0 Å². The molecule has 3 nitrogen and oxygen atoms in total. The van der Waals surface area contributed by atoms with Crippen molar-refractivity contribution in [3.05, 3.63) is 58.2 Å². The van der Waals surface area contributed by atoms with Crippen LogP contribution in [-0.2, 0) is 6.42 Å². The lowest BCUT2D eigenvalue weighted by Gasteiger charge is -2.11. The maximum Gasteiger partial charge on any atom is 0.171 e. The van der Waals surface area contributed by atoms with E-state index in [0.717, 1.165) is 19.4 Å². The van der Waals surface area contributed by atoms with Gasteiger partial charge < -0.3 is 10.6 Å². The number of aromatic nitrogens is 1. The third-order valence-electron chi connectivity index (χ3n) is 2.81. The van der Waals surface area contributed by atoms with E-state index in [1.54, 1.807) is 6.07 Å². The first-order valence-corrected chi connectivity index (χ1v) is 7.71. The van der Waals surface area contributed by atoms with Gasteiger partial charge in [-0.2, -0.15) is 0 Å². The van der Waals surface area contributed by atoms with Crippen molar-refractivity contribution in [2.45, 2.75) is 12.8 Å². The number of rotatable bonds is 5. The lowest BCUT2D eigenvalue weighted by Crippen LogP contribution is -2.29. The SMILES string of the molecule is S=C(NCCCc1ccccc1)Nc1ncc(Cl)cc1Cl. The summed E-state index contributed by atoms with van der Waals surface area (Å²) in [5.74, 6) is 0.502. The number of nitrogens with zero attached hydrogens (tertiary/aromatic N) is 1. The lowest BCUT2D eigenvalue weighted by atomic mass is 10.1. The maximum absolute atomic E-state index is 6.02. The molecule has 2 N–H and O–H groups in total. The molecule has 110 valence electrons. The molecule has 2 aromatic rings. The fourth-order valence-electron chi connectivity index (χ4n) is 1.80. The molecule has 0 spiro atoms. The van der Waals surface area contributed by atoms with E-state index in [4.69, 9.17) is 35.4 Å². The summed E-state index contributed by atoms with van der Waals surface area (Å²) in [6, 6.07) is 12.0. The van der Waals surface area contributed by atoms with Crippen LogP contribution in [0.3, 0.4) is 0 Å². The number of nitrogens with one attached hydrogen (secondary N) is 2. The number of anilines is 1. The van der Waals surface area contributed by atoms with Crippen LogP contribution in [0, 0.1) is 0 Å². The largest absolute Gasteiger partial charge is 0.362 e. The van der Waals surface area contributed by atoms with Gasteiger partial charge in [-0.15, -0.1) is 0 Å². The minimum absolute atomic E-state index is 0.441. The number of hydrogen-bond donors (Lipinski definition) is 2. The highest BCUT2D eigenvalue weighted by molar-refractivity contribution is 7.80. The van der Waals surface area contributed by atoms with Crippen LogP contribution in [0.5, 0.6) is 0 Å². The molecule has 1 heterocycles. The summed E-state index contributed by atoms with van der Waals surface area (Å²) >= 11 is 17.0. The molecule has 0 aliphatic carbocycles. The minimum atomic E-state index is 0.441. The molecule has 6 heteroatoms. The Morgan fingerprint density at radius 1 is 1.19 bits per heavy atom. The zero-order chi connectivity index (χ0) is 15.1. The smallest absolute Gasteiger partial charge is 0.171 e. The molecule has 2 rings (SSSR count). The van der Waals surface area contributed by atoms with E-state index in [1.807, 2.05) is 18.2 Å². The van der Waals surface area contributed by atoms with E-state index in [1.165, 1.54) is 11.8 Å². The van der Waals surface area contributed by atoms with Crippen molar-refractivity contribution < 1.29 is 0 Å². The third kappa shape index (κ3) is 5.50. The van der Waals surface area contributed by atoms with Gasteiger partial charge in [0, 0.05) is 12.7 Å². The van der Waals surface area contributed by atoms with Gasteiger partial charge in [0.1, 0.15) is 0 Å². The maximum atomic E-state index is 6.02. The number of thiocarbonyl (C=S) groups is 1. The summed E-state index contributed by atoms with van der Waals surface area (Å²) in [4.78, 5) is 4.09. The number of aryl methyl sites for hydroxylation is 1. The molecule has 21 heavy (non-hydrogen) atoms. The molecular weight excluding hydrogens is 325 g/mol. The van der Waals surface area contributed by atoms with E-state index >= 15 is 0 Å². The van der Waals surface area contributed by atoms with E-state index in [0.29, 0.717) is 21.0 Å². The van der Waals surface area contributed by atoms with Gasteiger partial charge in [-0.05, 0) is 36.7 Å². The Morgan fingerprint density at radius 2 is 1.95 bits per heavy atom. The van der Waals surface area contributed by atoms with E-state index < -0.39 is 0 Å². The van der Waals surface area contributed by atoms with Gasteiger partial charge in [0.05, 0.1) is 10.0 Å². The Balaban J connectivity index is 1.72. The topological polar surface area (TPSA) is 37.0 Å². The first-order chi connectivity index (χ1) is 10.1. The molecule has 0 aliphatic heterocycles. The summed E-state index contributed by atoms with van der Waals surface area (Å²) in [5, 5.41) is 7.52. The molecule has 0 fully saturated rings. The van der Waals surface area contributed by atoms with Gasteiger partial charge in [-0.25, -0.2) is 4.98 Å². The summed E-state index contributed by atoms with van der Waals surface area (Å²) in [7, 11) is 0. The molecule has 0 bridgehead atoms. The Kier molecular flexibility index (Phi) is 6.23. The van der Waals surface area contributed by atoms with Crippen LogP contribution in [0.25, 0.3) is 0 Å². The van der Waals surface area contributed by atoms with Crippen molar-refractivity contribution in [1.29, 1.82) is 0 Å². The standard InChI is InChI=1S/C15H15Cl2N3S/c16-12-9-13(17)14(19-10-12)20-15(21)18-8-4-7-11-5-2-1-3-6-11/h1-3,5-6,9-10H,4,7-8H2,(H2,18,19,20,21). The summed E-state index contributed by atoms with van der Waals surface area (Å²) < 4.78 is 0. The van der Waals surface area contributed by atoms with Crippen molar-refractivity contribution in [2.24, 2.45) is 0 Å². The monoisotopic (exact) mass is 339 g/mol. The molecule has 0 atom stereocenters. The Bertz CT molecular complexity index is 605. The highest BCUT2D eigenvalue weighted by Crippen LogP contribution is 2.22. The number of benzene rings is 1. The molecular formula is C15H15Cl2N3S. The first-order valence-electron chi connectivity index (χ1n) is 6.55. The van der Waals surface area contributed by atoms with Crippen molar-refractivity contribution >= 4 is 46.4 Å². The van der Waals surface area contributed by atoms with Gasteiger partial charge in [0.25, 0.3) is 0 Å². The molecule has 0 radical (unpaired) electrons. The fraction of sp³-hybridized carbons (Fsp3) is 0.200. The second kappa shape index (κ2) is 8.17. The highest BCUT2D eigenvalue weighted by atomic mass is 35.5. The van der Waals surface area contributed by atoms with Crippen LogP contribution in [-0.4, -0.2) is 16.6 Å². The second-order valence-corrected chi connectivity index (χ2v) is 5.71. The Morgan fingerprint density at radius 3 is 2.67 bits per heavy atom. The van der Waals surface area contributed by atoms with Gasteiger partial charge in [-0.1, -0.05) is 53.5 Å². The molecule has 0 saturated heterocycles. The summed E-state index contributed by atoms with van der Waals surface area (Å²) in [6.45, 7) is 0.784. The summed E-state index contributed by atoms with van der Waals surface area (Å²) in [6.07, 6.45) is 3.53. The normalized spacial score (nSPS) is 10.2. The van der Waals surface area contributed by atoms with Crippen LogP contribution in [0.1, 0.15) is 12.0 Å². The molecule has 0 saturated carbocycles. The predicted molar refractivity (Wildman–Crippen MR) is 93.2 cm³/mol. The van der Waals surface area contributed by atoms with Crippen LogP contribution < -0.4 is 10.6 Å². The van der Waals surface area contributed by atoms with Crippen molar-refractivity contribution in [2.75, 3.05) is 11.9 Å². The predicted octanol–water partition coefficient (Wildman–Crippen LogP) is 4.31. The average Bonchev–Trinajstić information content (AvgIpc) is 2.48. The zero-order valence-corrected chi connectivity index (χ0v) is 13.6. The first kappa shape index (κ1) is 16.0. The highest BCUT2D eigenvalue weighted by Gasteiger charge is 2.04. The molecule has 1 aromatic carbocycles. The molecule has 0 unspecified atom stereocenters.